The lowest BCUT2D eigenvalue weighted by Gasteiger charge is -2.25. The average molecular weight is 330 g/mol. The molecule has 1 fully saturated rings. The average Bonchev–Trinajstić information content (AvgIpc) is 3.05. The van der Waals surface area contributed by atoms with E-state index >= 15 is 0 Å². The number of ether oxygens (including phenoxy) is 1. The van der Waals surface area contributed by atoms with E-state index < -0.39 is 0 Å². The summed E-state index contributed by atoms with van der Waals surface area (Å²) in [6.45, 7) is 1.47. The Morgan fingerprint density at radius 1 is 1.33 bits per heavy atom. The van der Waals surface area contributed by atoms with Crippen molar-refractivity contribution in [2.75, 3.05) is 32.6 Å². The first-order valence-corrected chi connectivity index (χ1v) is 8.15. The third kappa shape index (κ3) is 3.33. The molecule has 0 bridgehead atoms. The molecule has 0 aliphatic carbocycles. The molecule has 1 aromatic heterocycles. The van der Waals surface area contributed by atoms with Crippen LogP contribution < -0.4 is 9.64 Å². The molecule has 5 nitrogen and oxygen atoms in total. The van der Waals surface area contributed by atoms with E-state index in [4.69, 9.17) is 9.72 Å². The van der Waals surface area contributed by atoms with E-state index in [1.165, 1.54) is 7.11 Å². The van der Waals surface area contributed by atoms with E-state index in [0.29, 0.717) is 12.1 Å². The second-order valence-electron chi connectivity index (χ2n) is 6.26. The van der Waals surface area contributed by atoms with Crippen LogP contribution in [0.4, 0.5) is 10.2 Å². The molecule has 0 amide bonds. The van der Waals surface area contributed by atoms with Crippen molar-refractivity contribution in [3.8, 4) is 5.75 Å². The van der Waals surface area contributed by atoms with Gasteiger partial charge in [0, 0.05) is 26.2 Å². The third-order valence-corrected chi connectivity index (χ3v) is 4.44. The van der Waals surface area contributed by atoms with Crippen LogP contribution >= 0.6 is 0 Å². The number of hydrogen-bond acceptors (Lipinski definition) is 5. The van der Waals surface area contributed by atoms with Crippen LogP contribution in [0, 0.1) is 5.82 Å². The fourth-order valence-electron chi connectivity index (χ4n) is 3.15. The van der Waals surface area contributed by atoms with Gasteiger partial charge in [-0.3, -0.25) is 9.88 Å². The summed E-state index contributed by atoms with van der Waals surface area (Å²) in [5, 5.41) is 0. The third-order valence-electron chi connectivity index (χ3n) is 4.44. The highest BCUT2D eigenvalue weighted by molar-refractivity contribution is 5.34. The quantitative estimate of drug-likeness (QED) is 0.843. The van der Waals surface area contributed by atoms with Gasteiger partial charge in [0.15, 0.2) is 11.6 Å². The fraction of sp³-hybridized carbons (Fsp3) is 0.444. The van der Waals surface area contributed by atoms with Crippen LogP contribution in [0.2, 0.25) is 0 Å². The van der Waals surface area contributed by atoms with Crippen LogP contribution in [-0.2, 0) is 6.54 Å². The molecule has 6 heteroatoms. The van der Waals surface area contributed by atoms with Crippen LogP contribution in [0.5, 0.6) is 5.75 Å². The molecule has 0 N–H and O–H groups in total. The Morgan fingerprint density at radius 2 is 2.17 bits per heavy atom. The Bertz CT molecular complexity index is 707. The van der Waals surface area contributed by atoms with E-state index in [2.05, 4.69) is 9.88 Å². The number of methoxy groups -OCH3 is 1. The van der Waals surface area contributed by atoms with Crippen molar-refractivity contribution < 1.29 is 9.13 Å². The Morgan fingerprint density at radius 3 is 2.92 bits per heavy atom. The summed E-state index contributed by atoms with van der Waals surface area (Å²) >= 11 is 0. The summed E-state index contributed by atoms with van der Waals surface area (Å²) in [7, 11) is 5.39. The number of hydrogen-bond donors (Lipinski definition) is 0. The Labute approximate surface area is 142 Å². The largest absolute Gasteiger partial charge is 0.494 e. The van der Waals surface area contributed by atoms with Crippen LogP contribution in [0.25, 0.3) is 0 Å². The van der Waals surface area contributed by atoms with Crippen molar-refractivity contribution in [3.63, 3.8) is 0 Å². The molecular weight excluding hydrogens is 307 g/mol. The molecule has 1 aromatic carbocycles. The molecule has 2 aromatic rings. The molecule has 2 heterocycles. The van der Waals surface area contributed by atoms with Gasteiger partial charge in [-0.1, -0.05) is 12.1 Å². The second kappa shape index (κ2) is 7.13. The maximum Gasteiger partial charge on any atom is 0.169 e. The Hall–Kier alpha value is -2.21. The van der Waals surface area contributed by atoms with E-state index in [1.807, 2.05) is 37.3 Å². The molecule has 1 saturated heterocycles. The smallest absolute Gasteiger partial charge is 0.169 e. The number of likely N-dealkylation sites (tertiary alicyclic amines) is 1. The second-order valence-corrected chi connectivity index (χ2v) is 6.26. The zero-order chi connectivity index (χ0) is 17.1. The number of nitrogens with zero attached hydrogens (tertiary/aromatic N) is 4. The van der Waals surface area contributed by atoms with Crippen molar-refractivity contribution in [3.05, 3.63) is 47.7 Å². The van der Waals surface area contributed by atoms with Crippen molar-refractivity contribution in [2.45, 2.75) is 25.4 Å². The standard InChI is InChI=1S/C18H23FN4O/c1-22(2)17-11-20-10-14(21-17)15-7-5-9-23(15)12-13-6-4-8-16(24-3)18(13)19/h4,6,8,10-11,15H,5,7,9,12H2,1-3H3/t15-/m1/s1. The monoisotopic (exact) mass is 330 g/mol. The van der Waals surface area contributed by atoms with Gasteiger partial charge in [0.05, 0.1) is 31.2 Å². The predicted octanol–water partition coefficient (Wildman–Crippen LogP) is 3.03. The van der Waals surface area contributed by atoms with Crippen molar-refractivity contribution >= 4 is 5.82 Å². The highest BCUT2D eigenvalue weighted by Crippen LogP contribution is 2.33. The van der Waals surface area contributed by atoms with E-state index in [9.17, 15) is 4.39 Å². The minimum Gasteiger partial charge on any atom is -0.494 e. The maximum atomic E-state index is 14.4. The van der Waals surface area contributed by atoms with Crippen LogP contribution in [0.1, 0.15) is 30.1 Å². The molecule has 0 saturated carbocycles. The highest BCUT2D eigenvalue weighted by atomic mass is 19.1. The summed E-state index contributed by atoms with van der Waals surface area (Å²) in [6.07, 6.45) is 5.66. The first kappa shape index (κ1) is 16.6. The lowest BCUT2D eigenvalue weighted by Crippen LogP contribution is -2.25. The number of rotatable bonds is 5. The van der Waals surface area contributed by atoms with Gasteiger partial charge in [0.1, 0.15) is 5.82 Å². The first-order chi connectivity index (χ1) is 11.6. The highest BCUT2D eigenvalue weighted by Gasteiger charge is 2.28. The molecule has 0 radical (unpaired) electrons. The van der Waals surface area contributed by atoms with Crippen LogP contribution in [-0.4, -0.2) is 42.6 Å². The molecule has 128 valence electrons. The van der Waals surface area contributed by atoms with E-state index in [-0.39, 0.29) is 17.6 Å². The summed E-state index contributed by atoms with van der Waals surface area (Å²) < 4.78 is 19.5. The van der Waals surface area contributed by atoms with E-state index in [0.717, 1.165) is 30.9 Å². The molecule has 0 spiro atoms. The van der Waals surface area contributed by atoms with Gasteiger partial charge in [-0.25, -0.2) is 9.37 Å². The molecule has 1 atom stereocenters. The van der Waals surface area contributed by atoms with Gasteiger partial charge in [0.2, 0.25) is 0 Å². The van der Waals surface area contributed by atoms with Crippen LogP contribution in [0.3, 0.4) is 0 Å². The summed E-state index contributed by atoms with van der Waals surface area (Å²) in [6, 6.07) is 5.46. The van der Waals surface area contributed by atoms with Gasteiger partial charge >= 0.3 is 0 Å². The molecule has 3 rings (SSSR count). The first-order valence-electron chi connectivity index (χ1n) is 8.15. The van der Waals surface area contributed by atoms with Gasteiger partial charge < -0.3 is 9.64 Å². The molecule has 24 heavy (non-hydrogen) atoms. The SMILES string of the molecule is COc1cccc(CN2CCC[C@@H]2c2cncc(N(C)C)n2)c1F. The number of benzene rings is 1. The fourth-order valence-corrected chi connectivity index (χ4v) is 3.15. The van der Waals surface area contributed by atoms with Crippen LogP contribution in [0.15, 0.2) is 30.6 Å². The van der Waals surface area contributed by atoms with Gasteiger partial charge in [-0.2, -0.15) is 0 Å². The summed E-state index contributed by atoms with van der Waals surface area (Å²) in [5.74, 6) is 0.850. The van der Waals surface area contributed by atoms with Crippen molar-refractivity contribution in [2.24, 2.45) is 0 Å². The lowest BCUT2D eigenvalue weighted by atomic mass is 10.1. The summed E-state index contributed by atoms with van der Waals surface area (Å²) in [5.41, 5.74) is 1.60. The van der Waals surface area contributed by atoms with Crippen molar-refractivity contribution in [1.29, 1.82) is 0 Å². The number of anilines is 1. The zero-order valence-electron chi connectivity index (χ0n) is 14.4. The van der Waals surface area contributed by atoms with Gasteiger partial charge in [-0.15, -0.1) is 0 Å². The van der Waals surface area contributed by atoms with Gasteiger partial charge in [-0.05, 0) is 25.5 Å². The Balaban J connectivity index is 1.83. The number of halogens is 1. The number of aromatic nitrogens is 2. The molecule has 1 aliphatic heterocycles. The molecular formula is C18H23FN4O. The van der Waals surface area contributed by atoms with E-state index in [1.54, 1.807) is 12.3 Å². The topological polar surface area (TPSA) is 41.5 Å². The lowest BCUT2D eigenvalue weighted by molar-refractivity contribution is 0.239. The van der Waals surface area contributed by atoms with Crippen molar-refractivity contribution in [1.82, 2.24) is 14.9 Å². The minimum absolute atomic E-state index is 0.169. The maximum absolute atomic E-state index is 14.4. The van der Waals surface area contributed by atoms with Gasteiger partial charge in [0.25, 0.3) is 0 Å². The summed E-state index contributed by atoms with van der Waals surface area (Å²) in [4.78, 5) is 13.2. The normalized spacial score (nSPS) is 17.9. The molecule has 1 aliphatic rings. The predicted molar refractivity (Wildman–Crippen MR) is 91.7 cm³/mol. The Kier molecular flexibility index (Phi) is 4.94. The molecule has 0 unspecified atom stereocenters. The minimum atomic E-state index is -0.279. The zero-order valence-corrected chi connectivity index (χ0v) is 14.4.